The van der Waals surface area contributed by atoms with Crippen molar-refractivity contribution >= 4 is 0 Å². The lowest BCUT2D eigenvalue weighted by molar-refractivity contribution is 0.474. The van der Waals surface area contributed by atoms with Gasteiger partial charge in [-0.3, -0.25) is 0 Å². The van der Waals surface area contributed by atoms with Gasteiger partial charge in [0.15, 0.2) is 11.6 Å². The molecule has 2 nitrogen and oxygen atoms in total. The summed E-state index contributed by atoms with van der Waals surface area (Å²) in [7, 11) is 0. The molecule has 0 aromatic heterocycles. The lowest BCUT2D eigenvalue weighted by atomic mass is 9.81. The lowest BCUT2D eigenvalue weighted by Gasteiger charge is -2.19. The monoisotopic (exact) mass is 206 g/mol. The zero-order valence-electron chi connectivity index (χ0n) is 8.09. The molecule has 0 bridgehead atoms. The van der Waals surface area contributed by atoms with Crippen LogP contribution in [-0.2, 0) is 5.41 Å². The molecule has 15 heavy (non-hydrogen) atoms. The number of nitriles is 2. The summed E-state index contributed by atoms with van der Waals surface area (Å²) in [6, 6.07) is 7.24. The molecule has 1 rings (SSSR count). The van der Waals surface area contributed by atoms with Crippen LogP contribution in [0.3, 0.4) is 0 Å². The predicted molar refractivity (Wildman–Crippen MR) is 49.6 cm³/mol. The minimum absolute atomic E-state index is 0.0773. The first-order chi connectivity index (χ1) is 7.05. The highest BCUT2D eigenvalue weighted by molar-refractivity contribution is 5.34. The lowest BCUT2D eigenvalue weighted by Crippen LogP contribution is -2.21. The van der Waals surface area contributed by atoms with Gasteiger partial charge in [-0.05, 0) is 13.0 Å². The van der Waals surface area contributed by atoms with E-state index in [0.717, 1.165) is 6.07 Å². The molecule has 0 aliphatic rings. The number of benzene rings is 1. The molecule has 76 valence electrons. The van der Waals surface area contributed by atoms with Crippen molar-refractivity contribution in [3.63, 3.8) is 0 Å². The topological polar surface area (TPSA) is 47.6 Å². The van der Waals surface area contributed by atoms with Crippen LogP contribution in [-0.4, -0.2) is 0 Å². The van der Waals surface area contributed by atoms with E-state index < -0.39 is 17.0 Å². The van der Waals surface area contributed by atoms with E-state index in [0.29, 0.717) is 0 Å². The molecule has 0 N–H and O–H groups in total. The van der Waals surface area contributed by atoms with E-state index in [4.69, 9.17) is 10.5 Å². The average molecular weight is 206 g/mol. The number of nitrogens with zero attached hydrogens (tertiary/aromatic N) is 2. The molecule has 0 amide bonds. The standard InChI is InChI=1S/C11H8F2N2/c1-11(7-15,5-6-14)8-3-2-4-9(12)10(8)13/h2-4H,5H2,1H3. The fourth-order valence-corrected chi connectivity index (χ4v) is 1.28. The molecule has 1 aromatic carbocycles. The van der Waals surface area contributed by atoms with Gasteiger partial charge in [-0.2, -0.15) is 10.5 Å². The van der Waals surface area contributed by atoms with Crippen LogP contribution in [0.5, 0.6) is 0 Å². The maximum Gasteiger partial charge on any atom is 0.163 e. The van der Waals surface area contributed by atoms with Crippen molar-refractivity contribution in [3.05, 3.63) is 35.4 Å². The van der Waals surface area contributed by atoms with E-state index in [1.807, 2.05) is 6.07 Å². The second-order valence-corrected chi connectivity index (χ2v) is 3.38. The summed E-state index contributed by atoms with van der Waals surface area (Å²) in [4.78, 5) is 0. The summed E-state index contributed by atoms with van der Waals surface area (Å²) in [5, 5.41) is 17.4. The van der Waals surface area contributed by atoms with Gasteiger partial charge in [0, 0.05) is 5.56 Å². The van der Waals surface area contributed by atoms with Crippen molar-refractivity contribution in [2.45, 2.75) is 18.8 Å². The zero-order chi connectivity index (χ0) is 11.5. The summed E-state index contributed by atoms with van der Waals surface area (Å²) in [5.74, 6) is -2.07. The van der Waals surface area contributed by atoms with Crippen LogP contribution in [0.2, 0.25) is 0 Å². The number of hydrogen-bond acceptors (Lipinski definition) is 2. The van der Waals surface area contributed by atoms with Crippen molar-refractivity contribution in [3.8, 4) is 12.1 Å². The Morgan fingerprint density at radius 1 is 1.33 bits per heavy atom. The predicted octanol–water partition coefficient (Wildman–Crippen LogP) is 2.66. The van der Waals surface area contributed by atoms with Crippen LogP contribution in [0.15, 0.2) is 18.2 Å². The molecular weight excluding hydrogens is 198 g/mol. The molecule has 0 saturated carbocycles. The molecule has 0 radical (unpaired) electrons. The van der Waals surface area contributed by atoms with E-state index in [1.54, 1.807) is 6.07 Å². The second-order valence-electron chi connectivity index (χ2n) is 3.38. The Bertz CT molecular complexity index is 457. The molecule has 1 aromatic rings. The van der Waals surface area contributed by atoms with E-state index in [-0.39, 0.29) is 12.0 Å². The molecule has 0 heterocycles. The molecule has 1 unspecified atom stereocenters. The van der Waals surface area contributed by atoms with Gasteiger partial charge < -0.3 is 0 Å². The van der Waals surface area contributed by atoms with E-state index in [1.165, 1.54) is 19.1 Å². The Morgan fingerprint density at radius 3 is 2.53 bits per heavy atom. The first-order valence-electron chi connectivity index (χ1n) is 4.28. The van der Waals surface area contributed by atoms with Crippen molar-refractivity contribution in [1.82, 2.24) is 0 Å². The van der Waals surface area contributed by atoms with Crippen LogP contribution in [0, 0.1) is 34.3 Å². The number of hydrogen-bond donors (Lipinski definition) is 0. The molecule has 1 atom stereocenters. The van der Waals surface area contributed by atoms with Crippen molar-refractivity contribution in [2.24, 2.45) is 0 Å². The SMILES string of the molecule is CC(C#N)(CC#N)c1cccc(F)c1F. The highest BCUT2D eigenvalue weighted by Gasteiger charge is 2.30. The average Bonchev–Trinajstić information content (AvgIpc) is 2.22. The highest BCUT2D eigenvalue weighted by Crippen LogP contribution is 2.29. The third-order valence-electron chi connectivity index (χ3n) is 2.23. The summed E-state index contributed by atoms with van der Waals surface area (Å²) >= 11 is 0. The molecule has 0 saturated heterocycles. The zero-order valence-corrected chi connectivity index (χ0v) is 8.09. The van der Waals surface area contributed by atoms with Gasteiger partial charge >= 0.3 is 0 Å². The number of rotatable bonds is 2. The van der Waals surface area contributed by atoms with Crippen molar-refractivity contribution < 1.29 is 8.78 Å². The van der Waals surface area contributed by atoms with Gasteiger partial charge in [-0.15, -0.1) is 0 Å². The van der Waals surface area contributed by atoms with Gasteiger partial charge in [0.05, 0.1) is 24.0 Å². The minimum atomic E-state index is -1.30. The Kier molecular flexibility index (Phi) is 3.01. The third kappa shape index (κ3) is 1.94. The van der Waals surface area contributed by atoms with Crippen molar-refractivity contribution in [2.75, 3.05) is 0 Å². The summed E-state index contributed by atoms with van der Waals surface area (Å²) in [6.45, 7) is 1.41. The van der Waals surface area contributed by atoms with Crippen LogP contribution in [0.25, 0.3) is 0 Å². The quantitative estimate of drug-likeness (QED) is 0.746. The number of halogens is 2. The molecular formula is C11H8F2N2. The first-order valence-corrected chi connectivity index (χ1v) is 4.28. The van der Waals surface area contributed by atoms with Crippen LogP contribution >= 0.6 is 0 Å². The fourth-order valence-electron chi connectivity index (χ4n) is 1.28. The molecule has 0 aliphatic carbocycles. The highest BCUT2D eigenvalue weighted by atomic mass is 19.2. The third-order valence-corrected chi connectivity index (χ3v) is 2.23. The van der Waals surface area contributed by atoms with Gasteiger partial charge in [-0.1, -0.05) is 12.1 Å². The second kappa shape index (κ2) is 4.06. The van der Waals surface area contributed by atoms with Crippen LogP contribution in [0.1, 0.15) is 18.9 Å². The van der Waals surface area contributed by atoms with Gasteiger partial charge in [0.2, 0.25) is 0 Å². The van der Waals surface area contributed by atoms with Gasteiger partial charge in [0.25, 0.3) is 0 Å². The van der Waals surface area contributed by atoms with E-state index in [2.05, 4.69) is 0 Å². The summed E-state index contributed by atoms with van der Waals surface area (Å²) in [6.07, 6.45) is -0.177. The molecule has 0 aliphatic heterocycles. The maximum absolute atomic E-state index is 13.4. The largest absolute Gasteiger partial charge is 0.204 e. The normalized spacial score (nSPS) is 13.7. The Labute approximate surface area is 86.4 Å². The molecule has 0 spiro atoms. The van der Waals surface area contributed by atoms with Crippen molar-refractivity contribution in [1.29, 1.82) is 10.5 Å². The first kappa shape index (κ1) is 11.1. The smallest absolute Gasteiger partial charge is 0.163 e. The minimum Gasteiger partial charge on any atom is -0.204 e. The van der Waals surface area contributed by atoms with Gasteiger partial charge in [0.1, 0.15) is 0 Å². The van der Waals surface area contributed by atoms with Gasteiger partial charge in [-0.25, -0.2) is 8.78 Å². The molecule has 4 heteroatoms. The Balaban J connectivity index is 3.33. The Hall–Kier alpha value is -1.94. The Morgan fingerprint density at radius 2 is 2.00 bits per heavy atom. The van der Waals surface area contributed by atoms with Crippen LogP contribution in [0.4, 0.5) is 8.78 Å². The van der Waals surface area contributed by atoms with E-state index >= 15 is 0 Å². The van der Waals surface area contributed by atoms with E-state index in [9.17, 15) is 8.78 Å². The summed E-state index contributed by atoms with van der Waals surface area (Å²) < 4.78 is 26.3. The van der Waals surface area contributed by atoms with Crippen LogP contribution < -0.4 is 0 Å². The fraction of sp³-hybridized carbons (Fsp3) is 0.273. The summed E-state index contributed by atoms with van der Waals surface area (Å²) in [5.41, 5.74) is -1.38. The maximum atomic E-state index is 13.4. The molecule has 0 fully saturated rings.